The molecule has 1 unspecified atom stereocenters. The van der Waals surface area contributed by atoms with E-state index in [1.54, 1.807) is 6.08 Å². The molecule has 3 heterocycles. The number of hydrogen-bond acceptors (Lipinski definition) is 7. The highest BCUT2D eigenvalue weighted by Crippen LogP contribution is 2.34. The summed E-state index contributed by atoms with van der Waals surface area (Å²) in [6, 6.07) is 0. The third kappa shape index (κ3) is 4.72. The number of piperazine rings is 1. The number of nitrogens with one attached hydrogen (secondary N) is 1. The van der Waals surface area contributed by atoms with E-state index in [2.05, 4.69) is 22.1 Å². The van der Waals surface area contributed by atoms with Gasteiger partial charge in [-0.05, 0) is 31.9 Å². The van der Waals surface area contributed by atoms with E-state index in [1.165, 1.54) is 0 Å². The summed E-state index contributed by atoms with van der Waals surface area (Å²) in [5, 5.41) is 20.7. The monoisotopic (exact) mass is 394 g/mol. The molecule has 3 aliphatic heterocycles. The first-order valence-corrected chi connectivity index (χ1v) is 9.97. The average Bonchev–Trinajstić information content (AvgIpc) is 3.05. The van der Waals surface area contributed by atoms with Crippen LogP contribution >= 0.6 is 0 Å². The molecule has 0 radical (unpaired) electrons. The van der Waals surface area contributed by atoms with Crippen molar-refractivity contribution in [3.05, 3.63) is 23.4 Å². The minimum atomic E-state index is -1.45. The molecule has 2 fully saturated rings. The summed E-state index contributed by atoms with van der Waals surface area (Å²) in [6.45, 7) is 8.83. The summed E-state index contributed by atoms with van der Waals surface area (Å²) in [5.41, 5.74) is 2.33. The van der Waals surface area contributed by atoms with E-state index in [0.717, 1.165) is 70.3 Å². The lowest BCUT2D eigenvalue weighted by molar-refractivity contribution is -0.139. The Labute approximate surface area is 165 Å². The van der Waals surface area contributed by atoms with Crippen LogP contribution in [0.1, 0.15) is 26.2 Å². The molecule has 3 aliphatic rings. The molecule has 0 aromatic carbocycles. The number of carbonyl (C=O) groups is 2. The number of hydrazine groups is 1. The van der Waals surface area contributed by atoms with Crippen molar-refractivity contribution in [3.8, 4) is 0 Å². The van der Waals surface area contributed by atoms with Crippen LogP contribution in [-0.2, 0) is 14.3 Å². The lowest BCUT2D eigenvalue weighted by Crippen LogP contribution is -2.54. The average molecular weight is 394 g/mol. The molecule has 9 nitrogen and oxygen atoms in total. The van der Waals surface area contributed by atoms with Crippen LogP contribution in [0.15, 0.2) is 23.4 Å². The number of carboxylic acids is 2. The number of nitrogens with zero attached hydrogens (tertiary/aromatic N) is 3. The maximum atomic E-state index is 11.9. The van der Waals surface area contributed by atoms with E-state index in [0.29, 0.717) is 13.2 Å². The van der Waals surface area contributed by atoms with Crippen molar-refractivity contribution in [2.45, 2.75) is 31.9 Å². The number of likely N-dealkylation sites (N-methyl/N-ethyl adjacent to an activating group) is 1. The zero-order valence-corrected chi connectivity index (χ0v) is 16.4. The maximum Gasteiger partial charge on any atom is 0.336 e. The fourth-order valence-electron chi connectivity index (χ4n) is 4.01. The van der Waals surface area contributed by atoms with Crippen LogP contribution in [0.5, 0.6) is 0 Å². The number of carboxylic acid groups (broad SMARTS) is 2. The topological polar surface area (TPSA) is 106 Å². The van der Waals surface area contributed by atoms with Gasteiger partial charge in [0.25, 0.3) is 0 Å². The van der Waals surface area contributed by atoms with Gasteiger partial charge in [0, 0.05) is 51.0 Å². The van der Waals surface area contributed by atoms with Gasteiger partial charge in [0.05, 0.1) is 12.2 Å². The summed E-state index contributed by atoms with van der Waals surface area (Å²) in [5.74, 6) is -2.61. The van der Waals surface area contributed by atoms with Crippen molar-refractivity contribution < 1.29 is 24.5 Å². The van der Waals surface area contributed by atoms with Crippen molar-refractivity contribution in [2.75, 3.05) is 52.4 Å². The lowest BCUT2D eigenvalue weighted by atomic mass is 10.0. The number of ether oxygens (including phenoxy) is 1. The molecule has 28 heavy (non-hydrogen) atoms. The van der Waals surface area contributed by atoms with Crippen LogP contribution in [0.2, 0.25) is 0 Å². The third-order valence-electron chi connectivity index (χ3n) is 5.63. The number of fused-ring (bicyclic) bond motifs is 1. The Balaban J connectivity index is 1.72. The minimum absolute atomic E-state index is 0.307. The number of hydrogen-bond donors (Lipinski definition) is 3. The van der Waals surface area contributed by atoms with E-state index >= 15 is 0 Å². The first-order chi connectivity index (χ1) is 13.4. The van der Waals surface area contributed by atoms with Crippen LogP contribution in [0.4, 0.5) is 0 Å². The quantitative estimate of drug-likeness (QED) is 0.502. The molecule has 9 heteroatoms. The van der Waals surface area contributed by atoms with Crippen LogP contribution in [0, 0.1) is 0 Å². The molecule has 1 atom stereocenters. The highest BCUT2D eigenvalue weighted by Gasteiger charge is 2.45. The van der Waals surface area contributed by atoms with Crippen molar-refractivity contribution in [1.29, 1.82) is 0 Å². The largest absolute Gasteiger partial charge is 0.478 e. The van der Waals surface area contributed by atoms with Crippen molar-refractivity contribution in [1.82, 2.24) is 20.2 Å². The molecular formula is C19H30N4O5. The van der Waals surface area contributed by atoms with Crippen LogP contribution in [-0.4, -0.2) is 95.1 Å². The van der Waals surface area contributed by atoms with Gasteiger partial charge in [-0.15, -0.1) is 0 Å². The van der Waals surface area contributed by atoms with Crippen LogP contribution in [0.25, 0.3) is 0 Å². The Morgan fingerprint density at radius 2 is 1.89 bits per heavy atom. The first kappa shape index (κ1) is 20.8. The highest BCUT2D eigenvalue weighted by atomic mass is 16.5. The third-order valence-corrected chi connectivity index (χ3v) is 5.63. The smallest absolute Gasteiger partial charge is 0.336 e. The Kier molecular flexibility index (Phi) is 6.71. The Hall–Kier alpha value is -1.94. The van der Waals surface area contributed by atoms with E-state index in [4.69, 9.17) is 4.74 Å². The Bertz CT molecular complexity index is 657. The number of piperidine rings is 1. The number of rotatable bonds is 8. The van der Waals surface area contributed by atoms with E-state index < -0.39 is 17.7 Å². The van der Waals surface area contributed by atoms with Crippen LogP contribution < -0.4 is 5.43 Å². The van der Waals surface area contributed by atoms with E-state index in [-0.39, 0.29) is 5.57 Å². The predicted octanol–water partition coefficient (Wildman–Crippen LogP) is 0.320. The standard InChI is InChI=1S/C19H30N4O5/c1-2-21-7-9-22(10-8-21)11-12-28-19(16(18(26)27)13-17(24)25)14-15-5-3-4-6-23(15)20-19/h13-14,20H,2-12H2,1H3,(H,24,25)(H,26,27)/b16-13+. The zero-order chi connectivity index (χ0) is 20.1. The second-order valence-electron chi connectivity index (χ2n) is 7.42. The van der Waals surface area contributed by atoms with Gasteiger partial charge in [0.15, 0.2) is 5.72 Å². The SMILES string of the molecule is CCN1CCN(CCOC2(/C(=C/C(=O)O)C(=O)O)C=C3CCCCN3N2)CC1. The molecule has 0 spiro atoms. The Morgan fingerprint density at radius 3 is 2.50 bits per heavy atom. The molecule has 3 rings (SSSR count). The van der Waals surface area contributed by atoms with Crippen molar-refractivity contribution >= 4 is 11.9 Å². The van der Waals surface area contributed by atoms with Crippen molar-refractivity contribution in [2.24, 2.45) is 0 Å². The van der Waals surface area contributed by atoms with Crippen LogP contribution in [0.3, 0.4) is 0 Å². The van der Waals surface area contributed by atoms with Gasteiger partial charge in [-0.2, -0.15) is 5.43 Å². The van der Waals surface area contributed by atoms with E-state index in [9.17, 15) is 19.8 Å². The minimum Gasteiger partial charge on any atom is -0.478 e. The second-order valence-corrected chi connectivity index (χ2v) is 7.42. The Morgan fingerprint density at radius 1 is 1.18 bits per heavy atom. The summed E-state index contributed by atoms with van der Waals surface area (Å²) in [6.07, 6.45) is 5.30. The molecule has 0 aliphatic carbocycles. The summed E-state index contributed by atoms with van der Waals surface area (Å²) in [4.78, 5) is 27.8. The van der Waals surface area contributed by atoms with Gasteiger partial charge in [-0.3, -0.25) is 4.90 Å². The van der Waals surface area contributed by atoms with Gasteiger partial charge >= 0.3 is 11.9 Å². The van der Waals surface area contributed by atoms with Gasteiger partial charge in [-0.25, -0.2) is 9.59 Å². The number of aliphatic carboxylic acids is 2. The molecule has 0 aromatic rings. The zero-order valence-electron chi connectivity index (χ0n) is 16.4. The number of allylic oxidation sites excluding steroid dienone is 1. The van der Waals surface area contributed by atoms with Gasteiger partial charge < -0.3 is 24.9 Å². The molecule has 0 aromatic heterocycles. The summed E-state index contributed by atoms with van der Waals surface area (Å²) in [7, 11) is 0. The molecule has 156 valence electrons. The fraction of sp³-hybridized carbons (Fsp3) is 0.684. The second kappa shape index (κ2) is 9.04. The van der Waals surface area contributed by atoms with Gasteiger partial charge in [0.2, 0.25) is 0 Å². The lowest BCUT2D eigenvalue weighted by Gasteiger charge is -2.36. The van der Waals surface area contributed by atoms with E-state index in [1.807, 2.05) is 5.01 Å². The molecule has 0 saturated carbocycles. The molecular weight excluding hydrogens is 364 g/mol. The molecule has 0 bridgehead atoms. The maximum absolute atomic E-state index is 11.9. The van der Waals surface area contributed by atoms with Crippen molar-refractivity contribution in [3.63, 3.8) is 0 Å². The van der Waals surface area contributed by atoms with Gasteiger partial charge in [0.1, 0.15) is 0 Å². The molecule has 0 amide bonds. The summed E-state index contributed by atoms with van der Waals surface area (Å²) >= 11 is 0. The summed E-state index contributed by atoms with van der Waals surface area (Å²) < 4.78 is 6.07. The van der Waals surface area contributed by atoms with Gasteiger partial charge in [-0.1, -0.05) is 6.92 Å². The predicted molar refractivity (Wildman–Crippen MR) is 102 cm³/mol. The highest BCUT2D eigenvalue weighted by molar-refractivity contribution is 5.97. The molecule has 2 saturated heterocycles. The fourth-order valence-corrected chi connectivity index (χ4v) is 4.01. The first-order valence-electron chi connectivity index (χ1n) is 9.97. The molecule has 3 N–H and O–H groups in total. The normalized spacial score (nSPS) is 26.8.